The third kappa shape index (κ3) is 4.22. The summed E-state index contributed by atoms with van der Waals surface area (Å²) in [6.45, 7) is 4.01. The van der Waals surface area contributed by atoms with E-state index in [2.05, 4.69) is 0 Å². The average Bonchev–Trinajstić information content (AvgIpc) is 2.60. The van der Waals surface area contributed by atoms with Crippen LogP contribution < -0.4 is 0 Å². The summed E-state index contributed by atoms with van der Waals surface area (Å²) in [4.78, 5) is 14.5. The smallest absolute Gasteiger partial charge is 0.282 e. The lowest BCUT2D eigenvalue weighted by Gasteiger charge is -2.38. The number of carbonyl (C=O) groups excluding carboxylic acids is 1. The predicted octanol–water partition coefficient (Wildman–Crippen LogP) is 1.84. The lowest BCUT2D eigenvalue weighted by molar-refractivity contribution is -0.134. The standard InChI is InChI=1S/C18H27N3O3S/c1-16-8-5-6-13-21(16)18(22)15-20-12-7-11-19(25(20,23)24)14-17-9-3-2-4-10-17/h2-4,9-10,16H,5-8,11-15H2,1H3/t16-/m0/s1. The molecule has 2 fully saturated rings. The minimum atomic E-state index is -3.59. The first-order chi connectivity index (χ1) is 12.0. The van der Waals surface area contributed by atoms with Crippen molar-refractivity contribution in [3.63, 3.8) is 0 Å². The fraction of sp³-hybridized carbons (Fsp3) is 0.611. The molecule has 25 heavy (non-hydrogen) atoms. The second-order valence-electron chi connectivity index (χ2n) is 6.95. The molecule has 0 spiro atoms. The van der Waals surface area contributed by atoms with E-state index in [0.29, 0.717) is 19.6 Å². The van der Waals surface area contributed by atoms with E-state index in [9.17, 15) is 13.2 Å². The largest absolute Gasteiger partial charge is 0.339 e. The van der Waals surface area contributed by atoms with Crippen molar-refractivity contribution >= 4 is 16.1 Å². The summed E-state index contributed by atoms with van der Waals surface area (Å²) in [6, 6.07) is 9.79. The lowest BCUT2D eigenvalue weighted by Crippen LogP contribution is -2.54. The van der Waals surface area contributed by atoms with Gasteiger partial charge in [-0.15, -0.1) is 0 Å². The van der Waals surface area contributed by atoms with Gasteiger partial charge in [0.2, 0.25) is 5.91 Å². The molecule has 0 N–H and O–H groups in total. The van der Waals surface area contributed by atoms with E-state index in [1.54, 1.807) is 0 Å². The van der Waals surface area contributed by atoms with Gasteiger partial charge in [0.1, 0.15) is 0 Å². The van der Waals surface area contributed by atoms with Crippen molar-refractivity contribution in [2.45, 2.75) is 45.2 Å². The van der Waals surface area contributed by atoms with E-state index in [-0.39, 0.29) is 18.5 Å². The monoisotopic (exact) mass is 365 g/mol. The highest BCUT2D eigenvalue weighted by Crippen LogP contribution is 2.21. The number of piperidine rings is 1. The Labute approximate surface area is 150 Å². The van der Waals surface area contributed by atoms with Gasteiger partial charge in [0.15, 0.2) is 0 Å². The Kier molecular flexibility index (Phi) is 5.76. The van der Waals surface area contributed by atoms with Crippen LogP contribution >= 0.6 is 0 Å². The third-order valence-electron chi connectivity index (χ3n) is 5.10. The topological polar surface area (TPSA) is 60.9 Å². The minimum absolute atomic E-state index is 0.0437. The normalized spacial score (nSPS) is 25.0. The zero-order valence-corrected chi connectivity index (χ0v) is 15.6. The van der Waals surface area contributed by atoms with E-state index in [1.807, 2.05) is 42.2 Å². The van der Waals surface area contributed by atoms with Gasteiger partial charge in [-0.3, -0.25) is 4.79 Å². The fourth-order valence-electron chi connectivity index (χ4n) is 3.64. The summed E-state index contributed by atoms with van der Waals surface area (Å²) in [5.74, 6) is -0.0719. The maximum atomic E-state index is 12.9. The summed E-state index contributed by atoms with van der Waals surface area (Å²) < 4.78 is 28.6. The molecule has 6 nitrogen and oxygen atoms in total. The molecule has 2 aliphatic heterocycles. The van der Waals surface area contributed by atoms with E-state index >= 15 is 0 Å². The van der Waals surface area contributed by atoms with Crippen molar-refractivity contribution in [3.05, 3.63) is 35.9 Å². The van der Waals surface area contributed by atoms with Crippen molar-refractivity contribution in [1.82, 2.24) is 13.5 Å². The van der Waals surface area contributed by atoms with Gasteiger partial charge in [0, 0.05) is 32.2 Å². The number of benzene rings is 1. The number of nitrogens with zero attached hydrogens (tertiary/aromatic N) is 3. The Morgan fingerprint density at radius 3 is 2.48 bits per heavy atom. The zero-order chi connectivity index (χ0) is 17.9. The van der Waals surface area contributed by atoms with Gasteiger partial charge in [0.25, 0.3) is 10.2 Å². The number of rotatable bonds is 4. The SMILES string of the molecule is C[C@H]1CCCCN1C(=O)CN1CCCN(Cc2ccccc2)S1(=O)=O. The number of hydrogen-bond acceptors (Lipinski definition) is 3. The first-order valence-corrected chi connectivity index (χ1v) is 10.5. The summed E-state index contributed by atoms with van der Waals surface area (Å²) in [5.41, 5.74) is 0.962. The maximum absolute atomic E-state index is 12.9. The Bertz CT molecular complexity index is 693. The van der Waals surface area contributed by atoms with Gasteiger partial charge in [-0.05, 0) is 38.2 Å². The number of hydrogen-bond donors (Lipinski definition) is 0. The molecule has 0 aromatic heterocycles. The van der Waals surface area contributed by atoms with Gasteiger partial charge in [-0.2, -0.15) is 17.0 Å². The second-order valence-corrected chi connectivity index (χ2v) is 8.87. The van der Waals surface area contributed by atoms with Crippen molar-refractivity contribution in [1.29, 1.82) is 0 Å². The molecule has 2 aliphatic rings. The first-order valence-electron chi connectivity index (χ1n) is 9.07. The molecule has 138 valence electrons. The van der Waals surface area contributed by atoms with Crippen LogP contribution in [0.25, 0.3) is 0 Å². The Morgan fingerprint density at radius 1 is 1.04 bits per heavy atom. The van der Waals surface area contributed by atoms with Crippen LogP contribution in [-0.2, 0) is 21.5 Å². The molecule has 1 aromatic carbocycles. The Morgan fingerprint density at radius 2 is 1.76 bits per heavy atom. The molecule has 0 unspecified atom stereocenters. The van der Waals surface area contributed by atoms with Gasteiger partial charge < -0.3 is 4.90 Å². The first kappa shape index (κ1) is 18.4. The van der Waals surface area contributed by atoms with Crippen molar-refractivity contribution in [2.75, 3.05) is 26.2 Å². The molecule has 7 heteroatoms. The van der Waals surface area contributed by atoms with E-state index in [0.717, 1.165) is 37.8 Å². The molecular weight excluding hydrogens is 338 g/mol. The summed E-state index contributed by atoms with van der Waals surface area (Å²) in [7, 11) is -3.59. The number of likely N-dealkylation sites (tertiary alicyclic amines) is 1. The molecule has 2 heterocycles. The van der Waals surface area contributed by atoms with Crippen LogP contribution in [0.15, 0.2) is 30.3 Å². The fourth-order valence-corrected chi connectivity index (χ4v) is 5.27. The van der Waals surface area contributed by atoms with Crippen LogP contribution in [-0.4, -0.2) is 60.1 Å². The van der Waals surface area contributed by atoms with Crippen LogP contribution in [0.2, 0.25) is 0 Å². The molecule has 0 bridgehead atoms. The highest BCUT2D eigenvalue weighted by Gasteiger charge is 2.36. The summed E-state index contributed by atoms with van der Waals surface area (Å²) in [6.07, 6.45) is 3.88. The van der Waals surface area contributed by atoms with Crippen LogP contribution in [0.4, 0.5) is 0 Å². The zero-order valence-electron chi connectivity index (χ0n) is 14.8. The van der Waals surface area contributed by atoms with Gasteiger partial charge >= 0.3 is 0 Å². The quantitative estimate of drug-likeness (QED) is 0.818. The second kappa shape index (κ2) is 7.85. The molecular formula is C18H27N3O3S. The predicted molar refractivity (Wildman–Crippen MR) is 97.0 cm³/mol. The number of amides is 1. The number of carbonyl (C=O) groups is 1. The van der Waals surface area contributed by atoms with Crippen molar-refractivity contribution in [3.8, 4) is 0 Å². The molecule has 0 saturated carbocycles. The summed E-state index contributed by atoms with van der Waals surface area (Å²) in [5, 5.41) is 0. The molecule has 1 amide bonds. The van der Waals surface area contributed by atoms with Gasteiger partial charge in [-0.25, -0.2) is 0 Å². The molecule has 3 rings (SSSR count). The summed E-state index contributed by atoms with van der Waals surface area (Å²) >= 11 is 0. The molecule has 1 atom stereocenters. The Balaban J connectivity index is 1.68. The van der Waals surface area contributed by atoms with E-state index < -0.39 is 10.2 Å². The van der Waals surface area contributed by atoms with E-state index in [1.165, 1.54) is 8.61 Å². The molecule has 0 radical (unpaired) electrons. The van der Waals surface area contributed by atoms with Gasteiger partial charge in [-0.1, -0.05) is 30.3 Å². The van der Waals surface area contributed by atoms with Crippen molar-refractivity contribution < 1.29 is 13.2 Å². The highest BCUT2D eigenvalue weighted by molar-refractivity contribution is 7.86. The van der Waals surface area contributed by atoms with Crippen LogP contribution in [0.3, 0.4) is 0 Å². The van der Waals surface area contributed by atoms with Gasteiger partial charge in [0.05, 0.1) is 6.54 Å². The molecule has 1 aromatic rings. The molecule has 2 saturated heterocycles. The van der Waals surface area contributed by atoms with Crippen molar-refractivity contribution in [2.24, 2.45) is 0 Å². The highest BCUT2D eigenvalue weighted by atomic mass is 32.2. The molecule has 0 aliphatic carbocycles. The van der Waals surface area contributed by atoms with E-state index in [4.69, 9.17) is 0 Å². The Hall–Kier alpha value is -1.44. The van der Waals surface area contributed by atoms with Crippen LogP contribution in [0.1, 0.15) is 38.2 Å². The third-order valence-corrected chi connectivity index (χ3v) is 7.03. The average molecular weight is 365 g/mol. The maximum Gasteiger partial charge on any atom is 0.282 e. The van der Waals surface area contributed by atoms with Crippen LogP contribution in [0.5, 0.6) is 0 Å². The van der Waals surface area contributed by atoms with Crippen LogP contribution in [0, 0.1) is 0 Å². The minimum Gasteiger partial charge on any atom is -0.339 e. The lowest BCUT2D eigenvalue weighted by atomic mass is 10.0.